The summed E-state index contributed by atoms with van der Waals surface area (Å²) >= 11 is 0. The van der Waals surface area contributed by atoms with Crippen molar-refractivity contribution in [3.05, 3.63) is 53.2 Å². The Bertz CT molecular complexity index is 985. The summed E-state index contributed by atoms with van der Waals surface area (Å²) in [7, 11) is 0. The van der Waals surface area contributed by atoms with E-state index in [2.05, 4.69) is 15.4 Å². The Kier molecular flexibility index (Phi) is 4.51. The van der Waals surface area contributed by atoms with Crippen molar-refractivity contribution in [3.63, 3.8) is 0 Å². The zero-order valence-corrected chi connectivity index (χ0v) is 14.5. The largest absolute Gasteiger partial charge is 0.311 e. The van der Waals surface area contributed by atoms with Gasteiger partial charge in [0.05, 0.1) is 29.5 Å². The van der Waals surface area contributed by atoms with Gasteiger partial charge in [-0.1, -0.05) is 25.0 Å². The van der Waals surface area contributed by atoms with Gasteiger partial charge in [0, 0.05) is 19.0 Å². The van der Waals surface area contributed by atoms with E-state index in [1.807, 2.05) is 22.9 Å². The second-order valence-electron chi connectivity index (χ2n) is 6.66. The fourth-order valence-corrected chi connectivity index (χ4v) is 3.55. The van der Waals surface area contributed by atoms with Crippen molar-refractivity contribution in [1.82, 2.24) is 19.3 Å². The van der Waals surface area contributed by atoms with Gasteiger partial charge < -0.3 is 5.32 Å². The number of hydrogen-bond donors (Lipinski definition) is 1. The van der Waals surface area contributed by atoms with Crippen LogP contribution in [0.5, 0.6) is 0 Å². The number of para-hydroxylation sites is 1. The van der Waals surface area contributed by atoms with Crippen LogP contribution in [0.2, 0.25) is 0 Å². The topological polar surface area (TPSA) is 81.8 Å². The third-order valence-corrected chi connectivity index (χ3v) is 4.92. The molecule has 4 rings (SSSR count). The van der Waals surface area contributed by atoms with E-state index in [0.29, 0.717) is 23.5 Å². The molecule has 3 aromatic rings. The van der Waals surface area contributed by atoms with Crippen LogP contribution in [0.3, 0.4) is 0 Å². The van der Waals surface area contributed by atoms with Crippen LogP contribution in [0.25, 0.3) is 10.9 Å². The van der Waals surface area contributed by atoms with Gasteiger partial charge in [0.2, 0.25) is 5.91 Å². The molecule has 2 heterocycles. The highest BCUT2D eigenvalue weighted by molar-refractivity contribution is 5.89. The summed E-state index contributed by atoms with van der Waals surface area (Å²) in [5.41, 5.74) is 0.540. The van der Waals surface area contributed by atoms with Gasteiger partial charge in [-0.3, -0.25) is 14.2 Å². The van der Waals surface area contributed by atoms with Crippen LogP contribution >= 0.6 is 0 Å². The lowest BCUT2D eigenvalue weighted by Gasteiger charge is -2.14. The van der Waals surface area contributed by atoms with Gasteiger partial charge in [-0.15, -0.1) is 0 Å². The standard InChI is InChI=1S/C19H21N5O2/c25-18(22-17-9-11-21-24(17)14-5-1-2-6-14)10-12-23-13-20-16-8-4-3-7-15(16)19(23)26/h3-4,7-9,11,13-14H,1-2,5-6,10,12H2,(H,22,25). The summed E-state index contributed by atoms with van der Waals surface area (Å²) in [4.78, 5) is 29.1. The van der Waals surface area contributed by atoms with Crippen LogP contribution in [0.1, 0.15) is 38.1 Å². The molecule has 134 valence electrons. The molecular formula is C19H21N5O2. The monoisotopic (exact) mass is 351 g/mol. The lowest BCUT2D eigenvalue weighted by atomic mass is 10.2. The molecule has 0 aliphatic heterocycles. The predicted octanol–water partition coefficient (Wildman–Crippen LogP) is 2.74. The number of aromatic nitrogens is 4. The van der Waals surface area contributed by atoms with Crippen LogP contribution in [0.4, 0.5) is 5.82 Å². The highest BCUT2D eigenvalue weighted by Crippen LogP contribution is 2.31. The van der Waals surface area contributed by atoms with Crippen molar-refractivity contribution >= 4 is 22.6 Å². The molecule has 2 aromatic heterocycles. The first-order valence-electron chi connectivity index (χ1n) is 9.00. The molecule has 0 atom stereocenters. The van der Waals surface area contributed by atoms with E-state index in [0.717, 1.165) is 18.7 Å². The lowest BCUT2D eigenvalue weighted by molar-refractivity contribution is -0.116. The van der Waals surface area contributed by atoms with Crippen molar-refractivity contribution in [2.24, 2.45) is 0 Å². The number of nitrogens with zero attached hydrogens (tertiary/aromatic N) is 4. The lowest BCUT2D eigenvalue weighted by Crippen LogP contribution is -2.24. The van der Waals surface area contributed by atoms with E-state index < -0.39 is 0 Å². The normalized spacial score (nSPS) is 14.8. The Labute approximate surface area is 150 Å². The summed E-state index contributed by atoms with van der Waals surface area (Å²) in [6.45, 7) is 0.292. The Morgan fingerprint density at radius 2 is 2.00 bits per heavy atom. The quantitative estimate of drug-likeness (QED) is 0.766. The molecule has 0 spiro atoms. The third-order valence-electron chi connectivity index (χ3n) is 4.92. The van der Waals surface area contributed by atoms with E-state index in [-0.39, 0.29) is 17.9 Å². The number of fused-ring (bicyclic) bond motifs is 1. The van der Waals surface area contributed by atoms with Crippen LogP contribution in [-0.2, 0) is 11.3 Å². The van der Waals surface area contributed by atoms with Gasteiger partial charge >= 0.3 is 0 Å². The molecule has 1 N–H and O–H groups in total. The molecule has 1 saturated carbocycles. The summed E-state index contributed by atoms with van der Waals surface area (Å²) in [5, 5.41) is 7.84. The molecule has 0 unspecified atom stereocenters. The van der Waals surface area contributed by atoms with Crippen molar-refractivity contribution < 1.29 is 4.79 Å². The molecule has 7 heteroatoms. The first kappa shape index (κ1) is 16.5. The maximum atomic E-state index is 12.5. The van der Waals surface area contributed by atoms with Crippen LogP contribution in [0, 0.1) is 0 Å². The van der Waals surface area contributed by atoms with Gasteiger partial charge in [-0.2, -0.15) is 5.10 Å². The zero-order chi connectivity index (χ0) is 17.9. The smallest absolute Gasteiger partial charge is 0.261 e. The SMILES string of the molecule is O=C(CCn1cnc2ccccc2c1=O)Nc1ccnn1C1CCCC1. The van der Waals surface area contributed by atoms with Crippen molar-refractivity contribution in [3.8, 4) is 0 Å². The number of carbonyl (C=O) groups is 1. The number of amides is 1. The highest BCUT2D eigenvalue weighted by Gasteiger charge is 2.20. The van der Waals surface area contributed by atoms with E-state index in [9.17, 15) is 9.59 Å². The van der Waals surface area contributed by atoms with Crippen molar-refractivity contribution in [1.29, 1.82) is 0 Å². The number of hydrogen-bond acceptors (Lipinski definition) is 4. The number of carbonyl (C=O) groups excluding carboxylic acids is 1. The van der Waals surface area contributed by atoms with Crippen LogP contribution < -0.4 is 10.9 Å². The molecule has 1 aliphatic rings. The molecule has 1 fully saturated rings. The minimum absolute atomic E-state index is 0.126. The Hall–Kier alpha value is -2.96. The average molecular weight is 351 g/mol. The third kappa shape index (κ3) is 3.24. The summed E-state index contributed by atoms with van der Waals surface area (Å²) in [5.74, 6) is 0.593. The highest BCUT2D eigenvalue weighted by atomic mass is 16.2. The van der Waals surface area contributed by atoms with E-state index in [1.165, 1.54) is 23.7 Å². The number of benzene rings is 1. The zero-order valence-electron chi connectivity index (χ0n) is 14.5. The Balaban J connectivity index is 1.43. The maximum absolute atomic E-state index is 12.5. The first-order chi connectivity index (χ1) is 12.7. The average Bonchev–Trinajstić information content (AvgIpc) is 3.33. The molecule has 26 heavy (non-hydrogen) atoms. The molecule has 0 bridgehead atoms. The second-order valence-corrected chi connectivity index (χ2v) is 6.66. The fraction of sp³-hybridized carbons (Fsp3) is 0.368. The number of nitrogens with one attached hydrogen (secondary N) is 1. The van der Waals surface area contributed by atoms with Crippen LogP contribution in [-0.4, -0.2) is 25.2 Å². The van der Waals surface area contributed by atoms with E-state index in [4.69, 9.17) is 0 Å². The van der Waals surface area contributed by atoms with Gasteiger partial charge in [-0.05, 0) is 25.0 Å². The number of aryl methyl sites for hydroxylation is 1. The summed E-state index contributed by atoms with van der Waals surface area (Å²) in [6.07, 6.45) is 8.03. The molecular weight excluding hydrogens is 330 g/mol. The van der Waals surface area contributed by atoms with Gasteiger partial charge in [0.15, 0.2) is 0 Å². The molecule has 0 saturated heterocycles. The Morgan fingerprint density at radius 3 is 2.85 bits per heavy atom. The van der Waals surface area contributed by atoms with Crippen molar-refractivity contribution in [2.75, 3.05) is 5.32 Å². The molecule has 1 amide bonds. The van der Waals surface area contributed by atoms with Crippen LogP contribution in [0.15, 0.2) is 47.7 Å². The van der Waals surface area contributed by atoms with E-state index in [1.54, 1.807) is 18.3 Å². The number of rotatable bonds is 5. The Morgan fingerprint density at radius 1 is 1.19 bits per heavy atom. The fourth-order valence-electron chi connectivity index (χ4n) is 3.55. The molecule has 1 aliphatic carbocycles. The first-order valence-corrected chi connectivity index (χ1v) is 9.00. The summed E-state index contributed by atoms with van der Waals surface area (Å²) < 4.78 is 3.39. The summed E-state index contributed by atoms with van der Waals surface area (Å²) in [6, 6.07) is 9.40. The van der Waals surface area contributed by atoms with Gasteiger partial charge in [-0.25, -0.2) is 9.67 Å². The van der Waals surface area contributed by atoms with E-state index >= 15 is 0 Å². The molecule has 0 radical (unpaired) electrons. The number of anilines is 1. The minimum Gasteiger partial charge on any atom is -0.311 e. The molecule has 7 nitrogen and oxygen atoms in total. The minimum atomic E-state index is -0.134. The van der Waals surface area contributed by atoms with Gasteiger partial charge in [0.25, 0.3) is 5.56 Å². The second kappa shape index (κ2) is 7.11. The predicted molar refractivity (Wildman–Crippen MR) is 99.0 cm³/mol. The molecule has 1 aromatic carbocycles. The van der Waals surface area contributed by atoms with Crippen molar-refractivity contribution in [2.45, 2.75) is 44.7 Å². The maximum Gasteiger partial charge on any atom is 0.261 e. The van der Waals surface area contributed by atoms with Gasteiger partial charge in [0.1, 0.15) is 5.82 Å².